The SMILES string of the molecule is C/C=C/c1ccc(N)nc1.C=C. The molecule has 1 aromatic heterocycles. The van der Waals surface area contributed by atoms with E-state index in [2.05, 4.69) is 18.1 Å². The highest BCUT2D eigenvalue weighted by molar-refractivity contribution is 5.49. The molecule has 1 rings (SSSR count). The molecule has 0 unspecified atom stereocenters. The quantitative estimate of drug-likeness (QED) is 0.644. The number of nitrogen functional groups attached to an aromatic ring is 1. The molecule has 0 fully saturated rings. The van der Waals surface area contributed by atoms with E-state index in [1.165, 1.54) is 0 Å². The van der Waals surface area contributed by atoms with Crippen LogP contribution in [0.2, 0.25) is 0 Å². The third-order valence-corrected chi connectivity index (χ3v) is 1.17. The fourth-order valence-electron chi connectivity index (χ4n) is 0.708. The fraction of sp³-hybridized carbons (Fsp3) is 0.100. The number of aromatic nitrogens is 1. The molecule has 0 atom stereocenters. The van der Waals surface area contributed by atoms with Crippen LogP contribution in [0.15, 0.2) is 37.6 Å². The molecule has 0 saturated heterocycles. The van der Waals surface area contributed by atoms with Crippen LogP contribution in [-0.2, 0) is 0 Å². The van der Waals surface area contributed by atoms with Gasteiger partial charge in [0.05, 0.1) is 0 Å². The Labute approximate surface area is 73.4 Å². The van der Waals surface area contributed by atoms with Gasteiger partial charge < -0.3 is 5.73 Å². The molecule has 1 heterocycles. The number of allylic oxidation sites excluding steroid dienone is 1. The van der Waals surface area contributed by atoms with Crippen LogP contribution in [0.5, 0.6) is 0 Å². The molecule has 64 valence electrons. The average Bonchev–Trinajstić information content (AvgIpc) is 2.13. The molecule has 2 nitrogen and oxygen atoms in total. The second kappa shape index (κ2) is 6.16. The molecular weight excluding hydrogens is 148 g/mol. The summed E-state index contributed by atoms with van der Waals surface area (Å²) in [5, 5.41) is 0. The Morgan fingerprint density at radius 3 is 2.50 bits per heavy atom. The average molecular weight is 162 g/mol. The van der Waals surface area contributed by atoms with Crippen LogP contribution in [-0.4, -0.2) is 4.98 Å². The normalized spacial score (nSPS) is 9.08. The molecular formula is C10H14N2. The predicted octanol–water partition coefficient (Wildman–Crippen LogP) is 2.50. The van der Waals surface area contributed by atoms with E-state index >= 15 is 0 Å². The van der Waals surface area contributed by atoms with Gasteiger partial charge in [0.1, 0.15) is 5.82 Å². The van der Waals surface area contributed by atoms with Gasteiger partial charge in [-0.1, -0.05) is 12.2 Å². The molecule has 0 aliphatic carbocycles. The Kier molecular flexibility index (Phi) is 5.35. The number of pyridine rings is 1. The van der Waals surface area contributed by atoms with Gasteiger partial charge in [-0.15, -0.1) is 13.2 Å². The largest absolute Gasteiger partial charge is 0.384 e. The zero-order valence-electron chi connectivity index (χ0n) is 7.33. The Morgan fingerprint density at radius 2 is 2.08 bits per heavy atom. The maximum atomic E-state index is 5.39. The summed E-state index contributed by atoms with van der Waals surface area (Å²) in [5.74, 6) is 0.563. The topological polar surface area (TPSA) is 38.9 Å². The highest BCUT2D eigenvalue weighted by atomic mass is 14.8. The van der Waals surface area contributed by atoms with Crippen molar-refractivity contribution in [3.05, 3.63) is 43.1 Å². The van der Waals surface area contributed by atoms with Crippen molar-refractivity contribution in [2.45, 2.75) is 6.92 Å². The lowest BCUT2D eigenvalue weighted by molar-refractivity contribution is 1.32. The van der Waals surface area contributed by atoms with E-state index in [-0.39, 0.29) is 0 Å². The molecule has 0 bridgehead atoms. The van der Waals surface area contributed by atoms with Crippen molar-refractivity contribution in [1.82, 2.24) is 4.98 Å². The van der Waals surface area contributed by atoms with Crippen LogP contribution in [0.3, 0.4) is 0 Å². The van der Waals surface area contributed by atoms with Crippen molar-refractivity contribution in [2.24, 2.45) is 0 Å². The monoisotopic (exact) mass is 162 g/mol. The highest BCUT2D eigenvalue weighted by Gasteiger charge is 1.85. The number of hydrogen-bond donors (Lipinski definition) is 1. The van der Waals surface area contributed by atoms with Crippen molar-refractivity contribution in [3.8, 4) is 0 Å². The van der Waals surface area contributed by atoms with E-state index in [1.54, 1.807) is 12.3 Å². The van der Waals surface area contributed by atoms with Crippen molar-refractivity contribution in [1.29, 1.82) is 0 Å². The molecule has 1 aromatic rings. The number of hydrogen-bond acceptors (Lipinski definition) is 2. The van der Waals surface area contributed by atoms with Gasteiger partial charge in [0.15, 0.2) is 0 Å². The van der Waals surface area contributed by atoms with Gasteiger partial charge >= 0.3 is 0 Å². The maximum absolute atomic E-state index is 5.39. The minimum absolute atomic E-state index is 0.563. The van der Waals surface area contributed by atoms with E-state index in [4.69, 9.17) is 5.73 Å². The van der Waals surface area contributed by atoms with Crippen molar-refractivity contribution >= 4 is 11.9 Å². The van der Waals surface area contributed by atoms with E-state index in [0.29, 0.717) is 5.82 Å². The molecule has 12 heavy (non-hydrogen) atoms. The Bertz CT molecular complexity index is 237. The highest BCUT2D eigenvalue weighted by Crippen LogP contribution is 2.02. The van der Waals surface area contributed by atoms with Gasteiger partial charge in [0, 0.05) is 6.20 Å². The number of rotatable bonds is 1. The van der Waals surface area contributed by atoms with Crippen LogP contribution in [0.4, 0.5) is 5.82 Å². The first-order valence-corrected chi connectivity index (χ1v) is 3.67. The summed E-state index contributed by atoms with van der Waals surface area (Å²) in [6.45, 7) is 7.97. The minimum Gasteiger partial charge on any atom is -0.384 e. The Morgan fingerprint density at radius 1 is 1.42 bits per heavy atom. The molecule has 2 heteroatoms. The Balaban J connectivity index is 0.000000561. The lowest BCUT2D eigenvalue weighted by Crippen LogP contribution is -1.87. The summed E-state index contributed by atoms with van der Waals surface area (Å²) < 4.78 is 0. The standard InChI is InChI=1S/C8H10N2.C2H4/c1-2-3-7-4-5-8(9)10-6-7;1-2/h2-6H,1H3,(H2,9,10);1-2H2/b3-2+;. The summed E-state index contributed by atoms with van der Waals surface area (Å²) in [5.41, 5.74) is 6.47. The summed E-state index contributed by atoms with van der Waals surface area (Å²) in [4.78, 5) is 3.92. The van der Waals surface area contributed by atoms with Gasteiger partial charge in [0.25, 0.3) is 0 Å². The number of nitrogens with two attached hydrogens (primary N) is 1. The van der Waals surface area contributed by atoms with Gasteiger partial charge in [0.2, 0.25) is 0 Å². The van der Waals surface area contributed by atoms with E-state index < -0.39 is 0 Å². The summed E-state index contributed by atoms with van der Waals surface area (Å²) in [7, 11) is 0. The van der Waals surface area contributed by atoms with E-state index in [1.807, 2.05) is 25.1 Å². The fourth-order valence-corrected chi connectivity index (χ4v) is 0.708. The van der Waals surface area contributed by atoms with Crippen LogP contribution < -0.4 is 5.73 Å². The van der Waals surface area contributed by atoms with Crippen LogP contribution in [0.25, 0.3) is 6.08 Å². The van der Waals surface area contributed by atoms with Crippen LogP contribution in [0.1, 0.15) is 12.5 Å². The zero-order chi connectivity index (χ0) is 9.40. The molecule has 0 aliphatic heterocycles. The molecule has 0 aliphatic rings. The van der Waals surface area contributed by atoms with Gasteiger partial charge in [-0.2, -0.15) is 0 Å². The number of anilines is 1. The lowest BCUT2D eigenvalue weighted by atomic mass is 10.2. The number of nitrogens with zero attached hydrogens (tertiary/aromatic N) is 1. The van der Waals surface area contributed by atoms with Crippen molar-refractivity contribution < 1.29 is 0 Å². The summed E-state index contributed by atoms with van der Waals surface area (Å²) in [6.07, 6.45) is 5.69. The molecule has 0 aromatic carbocycles. The second-order valence-electron chi connectivity index (χ2n) is 2.02. The first kappa shape index (κ1) is 10.4. The van der Waals surface area contributed by atoms with Gasteiger partial charge in [-0.05, 0) is 24.6 Å². The Hall–Kier alpha value is -1.57. The maximum Gasteiger partial charge on any atom is 0.123 e. The first-order chi connectivity index (χ1) is 5.83. The minimum atomic E-state index is 0.563. The summed E-state index contributed by atoms with van der Waals surface area (Å²) >= 11 is 0. The van der Waals surface area contributed by atoms with Crippen LogP contribution >= 0.6 is 0 Å². The first-order valence-electron chi connectivity index (χ1n) is 3.67. The smallest absolute Gasteiger partial charge is 0.123 e. The third kappa shape index (κ3) is 3.56. The molecule has 0 spiro atoms. The van der Waals surface area contributed by atoms with Crippen molar-refractivity contribution in [2.75, 3.05) is 5.73 Å². The van der Waals surface area contributed by atoms with E-state index in [9.17, 15) is 0 Å². The van der Waals surface area contributed by atoms with Gasteiger partial charge in [-0.25, -0.2) is 4.98 Å². The molecule has 0 radical (unpaired) electrons. The van der Waals surface area contributed by atoms with E-state index in [0.717, 1.165) is 5.56 Å². The third-order valence-electron chi connectivity index (χ3n) is 1.17. The van der Waals surface area contributed by atoms with Gasteiger partial charge in [-0.3, -0.25) is 0 Å². The summed E-state index contributed by atoms with van der Waals surface area (Å²) in [6, 6.07) is 3.72. The van der Waals surface area contributed by atoms with Crippen LogP contribution in [0, 0.1) is 0 Å². The molecule has 0 saturated carbocycles. The zero-order valence-corrected chi connectivity index (χ0v) is 7.33. The lowest BCUT2D eigenvalue weighted by Gasteiger charge is -1.91. The van der Waals surface area contributed by atoms with Crippen molar-refractivity contribution in [3.63, 3.8) is 0 Å². The second-order valence-corrected chi connectivity index (χ2v) is 2.02. The predicted molar refractivity (Wildman–Crippen MR) is 54.6 cm³/mol. The molecule has 0 amide bonds. The molecule has 2 N–H and O–H groups in total.